The summed E-state index contributed by atoms with van der Waals surface area (Å²) in [6, 6.07) is 11.7. The average Bonchev–Trinajstić information content (AvgIpc) is 2.76. The van der Waals surface area contributed by atoms with E-state index < -0.39 is 44.3 Å². The van der Waals surface area contributed by atoms with E-state index in [0.717, 1.165) is 11.1 Å². The number of methoxy groups -OCH3 is 1. The SMILES string of the molecule is COC(=O)c1ccc(-c2ccc(O[C@H](CO)OC(CO)[C@@H](O)CO)c(Cl)c2)cc1. The number of ether oxygens (including phenoxy) is 3. The predicted molar refractivity (Wildman–Crippen MR) is 105 cm³/mol. The van der Waals surface area contributed by atoms with Crippen LogP contribution in [-0.2, 0) is 9.47 Å². The zero-order chi connectivity index (χ0) is 21.4. The second kappa shape index (κ2) is 11.1. The minimum atomic E-state index is -1.33. The number of esters is 1. The Kier molecular flexibility index (Phi) is 8.84. The summed E-state index contributed by atoms with van der Waals surface area (Å²) in [6.45, 7) is -1.76. The minimum absolute atomic E-state index is 0.218. The molecule has 2 aromatic rings. The van der Waals surface area contributed by atoms with Crippen LogP contribution in [0.25, 0.3) is 11.1 Å². The van der Waals surface area contributed by atoms with Gasteiger partial charge in [0.25, 0.3) is 0 Å². The van der Waals surface area contributed by atoms with Gasteiger partial charge in [-0.2, -0.15) is 0 Å². The van der Waals surface area contributed by atoms with Crippen molar-refractivity contribution in [1.82, 2.24) is 0 Å². The van der Waals surface area contributed by atoms with E-state index in [1.165, 1.54) is 7.11 Å². The molecule has 0 aliphatic carbocycles. The van der Waals surface area contributed by atoms with E-state index >= 15 is 0 Å². The van der Waals surface area contributed by atoms with Gasteiger partial charge in [0.05, 0.1) is 30.9 Å². The van der Waals surface area contributed by atoms with Gasteiger partial charge in [0.2, 0.25) is 6.29 Å². The third-order valence-corrected chi connectivity index (χ3v) is 4.40. The Hall–Kier alpha value is -2.20. The van der Waals surface area contributed by atoms with E-state index in [0.29, 0.717) is 5.56 Å². The quantitative estimate of drug-likeness (QED) is 0.330. The van der Waals surface area contributed by atoms with Gasteiger partial charge in [-0.05, 0) is 35.4 Å². The second-order valence-corrected chi connectivity index (χ2v) is 6.46. The zero-order valence-corrected chi connectivity index (χ0v) is 16.5. The fourth-order valence-corrected chi connectivity index (χ4v) is 2.74. The number of hydrogen-bond donors (Lipinski definition) is 4. The Morgan fingerprint density at radius 2 is 1.66 bits per heavy atom. The van der Waals surface area contributed by atoms with Crippen molar-refractivity contribution in [2.45, 2.75) is 18.5 Å². The van der Waals surface area contributed by atoms with Crippen LogP contribution in [0.5, 0.6) is 5.75 Å². The highest BCUT2D eigenvalue weighted by Gasteiger charge is 2.24. The number of benzene rings is 2. The molecule has 0 bridgehead atoms. The molecule has 8 nitrogen and oxygen atoms in total. The summed E-state index contributed by atoms with van der Waals surface area (Å²) in [5.74, 6) is -0.211. The van der Waals surface area contributed by atoms with E-state index in [9.17, 15) is 20.1 Å². The molecule has 0 saturated carbocycles. The first-order chi connectivity index (χ1) is 13.9. The Balaban J connectivity index is 2.12. The van der Waals surface area contributed by atoms with Gasteiger partial charge in [-0.25, -0.2) is 4.79 Å². The van der Waals surface area contributed by atoms with E-state index in [-0.39, 0.29) is 10.8 Å². The van der Waals surface area contributed by atoms with E-state index in [2.05, 4.69) is 4.74 Å². The number of carbonyl (C=O) groups is 1. The maximum Gasteiger partial charge on any atom is 0.337 e. The van der Waals surface area contributed by atoms with Crippen molar-refractivity contribution in [2.24, 2.45) is 0 Å². The molecule has 9 heteroatoms. The summed E-state index contributed by atoms with van der Waals surface area (Å²) in [4.78, 5) is 11.5. The van der Waals surface area contributed by atoms with Crippen LogP contribution in [-0.4, -0.2) is 71.8 Å². The van der Waals surface area contributed by atoms with Gasteiger partial charge in [-0.1, -0.05) is 29.8 Å². The topological polar surface area (TPSA) is 126 Å². The largest absolute Gasteiger partial charge is 0.465 e. The highest BCUT2D eigenvalue weighted by molar-refractivity contribution is 6.32. The molecular weight excluding hydrogens is 404 g/mol. The fourth-order valence-electron chi connectivity index (χ4n) is 2.51. The predicted octanol–water partition coefficient (Wildman–Crippen LogP) is 1.22. The number of hydrogen-bond acceptors (Lipinski definition) is 8. The minimum Gasteiger partial charge on any atom is -0.465 e. The highest BCUT2D eigenvalue weighted by atomic mass is 35.5. The molecule has 2 aromatic carbocycles. The van der Waals surface area contributed by atoms with Crippen LogP contribution < -0.4 is 4.74 Å². The number of halogens is 1. The normalized spacial score (nSPS) is 14.1. The fraction of sp³-hybridized carbons (Fsp3) is 0.350. The number of carbonyl (C=O) groups excluding carboxylic acids is 1. The Labute approximate surface area is 172 Å². The van der Waals surface area contributed by atoms with Gasteiger partial charge < -0.3 is 34.6 Å². The monoisotopic (exact) mass is 426 g/mol. The summed E-state index contributed by atoms with van der Waals surface area (Å²) in [5.41, 5.74) is 2.00. The second-order valence-electron chi connectivity index (χ2n) is 6.05. The molecule has 3 atom stereocenters. The molecule has 0 spiro atoms. The smallest absolute Gasteiger partial charge is 0.337 e. The zero-order valence-electron chi connectivity index (χ0n) is 15.7. The molecule has 0 heterocycles. The van der Waals surface area contributed by atoms with Crippen molar-refractivity contribution in [3.63, 3.8) is 0 Å². The Bertz CT molecular complexity index is 796. The summed E-state index contributed by atoms with van der Waals surface area (Å²) in [5, 5.41) is 37.5. The average molecular weight is 427 g/mol. The van der Waals surface area contributed by atoms with Crippen molar-refractivity contribution in [2.75, 3.05) is 26.9 Å². The highest BCUT2D eigenvalue weighted by Crippen LogP contribution is 2.31. The lowest BCUT2D eigenvalue weighted by Gasteiger charge is -2.25. The lowest BCUT2D eigenvalue weighted by atomic mass is 10.0. The molecule has 4 N–H and O–H groups in total. The number of rotatable bonds is 10. The van der Waals surface area contributed by atoms with Crippen LogP contribution in [0.2, 0.25) is 5.02 Å². The Morgan fingerprint density at radius 3 is 2.17 bits per heavy atom. The molecule has 0 aliphatic rings. The van der Waals surface area contributed by atoms with Gasteiger partial charge in [0.15, 0.2) is 0 Å². The van der Waals surface area contributed by atoms with Crippen molar-refractivity contribution < 1.29 is 39.4 Å². The van der Waals surface area contributed by atoms with Crippen LogP contribution in [0.3, 0.4) is 0 Å². The third-order valence-electron chi connectivity index (χ3n) is 4.10. The lowest BCUT2D eigenvalue weighted by molar-refractivity contribution is -0.182. The molecule has 0 saturated heterocycles. The lowest BCUT2D eigenvalue weighted by Crippen LogP contribution is -2.41. The Morgan fingerprint density at radius 1 is 1.00 bits per heavy atom. The third kappa shape index (κ3) is 6.14. The molecule has 2 rings (SSSR count). The number of aliphatic hydroxyl groups is 4. The van der Waals surface area contributed by atoms with Crippen molar-refractivity contribution >= 4 is 17.6 Å². The van der Waals surface area contributed by atoms with Crippen molar-refractivity contribution in [3.05, 3.63) is 53.1 Å². The molecule has 1 unspecified atom stereocenters. The summed E-state index contributed by atoms with van der Waals surface area (Å²) >= 11 is 6.27. The molecule has 0 aliphatic heterocycles. The van der Waals surface area contributed by atoms with Gasteiger partial charge in [0, 0.05) is 0 Å². The number of aliphatic hydroxyl groups excluding tert-OH is 4. The van der Waals surface area contributed by atoms with E-state index in [1.807, 2.05) is 0 Å². The van der Waals surface area contributed by atoms with Crippen LogP contribution in [0.15, 0.2) is 42.5 Å². The standard InChI is InChI=1S/C20H23ClO8/c1-27-20(26)13-4-2-12(3-5-13)14-6-7-17(15(21)8-14)28-19(11-24)29-18(10-23)16(25)9-22/h2-8,16,18-19,22-25H,9-11H2,1H3/t16-,18?,19-/m0/s1. The molecule has 0 radical (unpaired) electrons. The summed E-state index contributed by atoms with van der Waals surface area (Å²) in [6.07, 6.45) is -3.68. The first-order valence-corrected chi connectivity index (χ1v) is 9.12. The van der Waals surface area contributed by atoms with E-state index in [1.54, 1.807) is 42.5 Å². The van der Waals surface area contributed by atoms with Crippen LogP contribution in [0.4, 0.5) is 0 Å². The first kappa shape index (κ1) is 23.1. The molecule has 0 amide bonds. The van der Waals surface area contributed by atoms with Crippen molar-refractivity contribution in [1.29, 1.82) is 0 Å². The molecular formula is C20H23ClO8. The maximum absolute atomic E-state index is 11.5. The van der Waals surface area contributed by atoms with Crippen LogP contribution in [0, 0.1) is 0 Å². The molecule has 29 heavy (non-hydrogen) atoms. The van der Waals surface area contributed by atoms with Gasteiger partial charge >= 0.3 is 5.97 Å². The summed E-state index contributed by atoms with van der Waals surface area (Å²) < 4.78 is 15.5. The van der Waals surface area contributed by atoms with Crippen LogP contribution >= 0.6 is 11.6 Å². The molecule has 158 valence electrons. The van der Waals surface area contributed by atoms with Crippen LogP contribution in [0.1, 0.15) is 10.4 Å². The molecule has 0 fully saturated rings. The maximum atomic E-state index is 11.5. The first-order valence-electron chi connectivity index (χ1n) is 8.74. The van der Waals surface area contributed by atoms with Gasteiger partial charge in [-0.3, -0.25) is 0 Å². The van der Waals surface area contributed by atoms with Crippen molar-refractivity contribution in [3.8, 4) is 16.9 Å². The summed E-state index contributed by atoms with van der Waals surface area (Å²) in [7, 11) is 1.31. The van der Waals surface area contributed by atoms with E-state index in [4.69, 9.17) is 26.2 Å². The van der Waals surface area contributed by atoms with Gasteiger partial charge in [-0.15, -0.1) is 0 Å². The van der Waals surface area contributed by atoms with Gasteiger partial charge in [0.1, 0.15) is 24.6 Å². The molecule has 0 aromatic heterocycles.